The highest BCUT2D eigenvalue weighted by molar-refractivity contribution is 14.0. The maximum absolute atomic E-state index is 11.8. The predicted octanol–water partition coefficient (Wildman–Crippen LogP) is 2.95. The van der Waals surface area contributed by atoms with Crippen molar-refractivity contribution < 1.29 is 4.79 Å². The number of hydrogen-bond acceptors (Lipinski definition) is 3. The lowest BCUT2D eigenvalue weighted by Gasteiger charge is -2.32. The molecule has 0 radical (unpaired) electrons. The van der Waals surface area contributed by atoms with Gasteiger partial charge in [0.15, 0.2) is 5.96 Å². The highest BCUT2D eigenvalue weighted by Gasteiger charge is 2.23. The van der Waals surface area contributed by atoms with Crippen molar-refractivity contribution in [2.45, 2.75) is 57.2 Å². The Morgan fingerprint density at radius 2 is 1.92 bits per heavy atom. The van der Waals surface area contributed by atoms with Crippen molar-refractivity contribution in [2.24, 2.45) is 10.9 Å². The van der Waals surface area contributed by atoms with Gasteiger partial charge in [-0.1, -0.05) is 19.8 Å². The number of halogens is 1. The van der Waals surface area contributed by atoms with E-state index in [0.717, 1.165) is 12.5 Å². The molecular formula is C17H35IN4OS. The summed E-state index contributed by atoms with van der Waals surface area (Å²) in [5, 5.41) is 6.98. The van der Waals surface area contributed by atoms with Crippen LogP contribution < -0.4 is 10.6 Å². The molecule has 0 aromatic heterocycles. The van der Waals surface area contributed by atoms with Crippen molar-refractivity contribution >= 4 is 47.6 Å². The van der Waals surface area contributed by atoms with Gasteiger partial charge in [0.05, 0.1) is 0 Å². The van der Waals surface area contributed by atoms with Gasteiger partial charge in [0, 0.05) is 31.4 Å². The topological polar surface area (TPSA) is 56.7 Å². The standard InChI is InChI=1S/C17H34N4OS.HI/c1-13-9-7-8-10-14(13)20-16(18-11-15(22)21(4)5)19-12-17(2,3)23-6;/h13-14H,7-12H2,1-6H3,(H2,18,19,20);1H. The molecule has 0 aliphatic heterocycles. The number of amides is 1. The molecule has 0 aromatic carbocycles. The maximum atomic E-state index is 11.8. The summed E-state index contributed by atoms with van der Waals surface area (Å²) >= 11 is 1.82. The molecule has 1 rings (SSSR count). The van der Waals surface area contributed by atoms with Crippen LogP contribution in [0.25, 0.3) is 0 Å². The van der Waals surface area contributed by atoms with Gasteiger partial charge in [-0.3, -0.25) is 4.79 Å². The zero-order chi connectivity index (χ0) is 17.5. The van der Waals surface area contributed by atoms with Crippen LogP contribution in [0.15, 0.2) is 4.99 Å². The number of guanidine groups is 1. The van der Waals surface area contributed by atoms with E-state index < -0.39 is 0 Å². The smallest absolute Gasteiger partial charge is 0.243 e. The second-order valence-electron chi connectivity index (χ2n) is 7.28. The van der Waals surface area contributed by atoms with Crippen molar-refractivity contribution in [3.8, 4) is 0 Å². The summed E-state index contributed by atoms with van der Waals surface area (Å²) in [6.45, 7) is 7.71. The Labute approximate surface area is 169 Å². The third kappa shape index (κ3) is 8.78. The van der Waals surface area contributed by atoms with E-state index in [0.29, 0.717) is 12.0 Å². The molecule has 0 spiro atoms. The molecule has 24 heavy (non-hydrogen) atoms. The largest absolute Gasteiger partial charge is 0.355 e. The van der Waals surface area contributed by atoms with Gasteiger partial charge in [0.25, 0.3) is 0 Å². The van der Waals surface area contributed by atoms with Gasteiger partial charge in [-0.2, -0.15) is 11.8 Å². The third-order valence-electron chi connectivity index (χ3n) is 4.54. The van der Waals surface area contributed by atoms with Crippen LogP contribution in [-0.2, 0) is 4.79 Å². The minimum atomic E-state index is 0. The highest BCUT2D eigenvalue weighted by Crippen LogP contribution is 2.24. The summed E-state index contributed by atoms with van der Waals surface area (Å²) in [7, 11) is 3.52. The van der Waals surface area contributed by atoms with Crippen molar-refractivity contribution in [3.05, 3.63) is 0 Å². The summed E-state index contributed by atoms with van der Waals surface area (Å²) in [4.78, 5) is 17.9. The van der Waals surface area contributed by atoms with Crippen LogP contribution >= 0.6 is 35.7 Å². The first kappa shape index (κ1) is 23.8. The summed E-state index contributed by atoms with van der Waals surface area (Å²) in [5.74, 6) is 1.43. The molecule has 0 saturated heterocycles. The van der Waals surface area contributed by atoms with Gasteiger partial charge in [-0.15, -0.1) is 24.0 Å². The van der Waals surface area contributed by atoms with E-state index in [1.807, 2.05) is 11.8 Å². The fourth-order valence-electron chi connectivity index (χ4n) is 2.52. The molecule has 1 fully saturated rings. The molecule has 1 aliphatic carbocycles. The molecule has 2 N–H and O–H groups in total. The SMILES string of the molecule is CSC(C)(C)CNC(=NCC(=O)N(C)C)NC1CCCCC1C.I. The molecule has 7 heteroatoms. The number of nitrogens with one attached hydrogen (secondary N) is 2. The summed E-state index contributed by atoms with van der Waals surface area (Å²) in [6.07, 6.45) is 7.14. The van der Waals surface area contributed by atoms with Crippen LogP contribution in [0, 0.1) is 5.92 Å². The molecule has 0 heterocycles. The molecule has 5 nitrogen and oxygen atoms in total. The van der Waals surface area contributed by atoms with Gasteiger partial charge >= 0.3 is 0 Å². The number of likely N-dealkylation sites (N-methyl/N-ethyl adjacent to an activating group) is 1. The first-order valence-electron chi connectivity index (χ1n) is 8.55. The Bertz CT molecular complexity index is 415. The third-order valence-corrected chi connectivity index (χ3v) is 5.79. The van der Waals surface area contributed by atoms with E-state index >= 15 is 0 Å². The second kappa shape index (κ2) is 11.4. The Balaban J connectivity index is 0.00000529. The number of carbonyl (C=O) groups excluding carboxylic acids is 1. The second-order valence-corrected chi connectivity index (χ2v) is 8.80. The summed E-state index contributed by atoms with van der Waals surface area (Å²) in [5.41, 5.74) is 0. The van der Waals surface area contributed by atoms with Crippen LogP contribution in [0.1, 0.15) is 46.5 Å². The normalized spacial score (nSPS) is 21.7. The molecule has 2 unspecified atom stereocenters. The molecule has 1 saturated carbocycles. The average molecular weight is 470 g/mol. The number of hydrogen-bond donors (Lipinski definition) is 2. The summed E-state index contributed by atoms with van der Waals surface area (Å²) in [6, 6.07) is 0.446. The highest BCUT2D eigenvalue weighted by atomic mass is 127. The monoisotopic (exact) mass is 470 g/mol. The van der Waals surface area contributed by atoms with Crippen LogP contribution in [0.4, 0.5) is 0 Å². The van der Waals surface area contributed by atoms with Gasteiger partial charge in [-0.05, 0) is 38.9 Å². The molecule has 2 atom stereocenters. The molecule has 1 amide bonds. The van der Waals surface area contributed by atoms with Crippen molar-refractivity contribution in [2.75, 3.05) is 33.4 Å². The zero-order valence-electron chi connectivity index (χ0n) is 16.0. The molecule has 0 aromatic rings. The number of rotatable bonds is 6. The minimum absolute atomic E-state index is 0. The fourth-order valence-corrected chi connectivity index (χ4v) is 2.73. The molecular weight excluding hydrogens is 435 g/mol. The van der Waals surface area contributed by atoms with E-state index in [1.54, 1.807) is 19.0 Å². The Kier molecular flexibility index (Phi) is 11.4. The fraction of sp³-hybridized carbons (Fsp3) is 0.882. The molecule has 142 valence electrons. The number of aliphatic imine (C=N–C) groups is 1. The van der Waals surface area contributed by atoms with Gasteiger partial charge in [0.1, 0.15) is 6.54 Å². The van der Waals surface area contributed by atoms with E-state index in [1.165, 1.54) is 25.7 Å². The average Bonchev–Trinajstić information content (AvgIpc) is 2.51. The lowest BCUT2D eigenvalue weighted by atomic mass is 9.86. The zero-order valence-corrected chi connectivity index (χ0v) is 19.2. The van der Waals surface area contributed by atoms with Crippen molar-refractivity contribution in [1.82, 2.24) is 15.5 Å². The van der Waals surface area contributed by atoms with E-state index in [-0.39, 0.29) is 41.2 Å². The number of thioether (sulfide) groups is 1. The van der Waals surface area contributed by atoms with Crippen LogP contribution in [0.3, 0.4) is 0 Å². The molecule has 1 aliphatic rings. The first-order chi connectivity index (χ1) is 10.7. The van der Waals surface area contributed by atoms with Gasteiger partial charge in [0.2, 0.25) is 5.91 Å². The van der Waals surface area contributed by atoms with Crippen molar-refractivity contribution in [3.63, 3.8) is 0 Å². The van der Waals surface area contributed by atoms with Gasteiger partial charge < -0.3 is 15.5 Å². The number of carbonyl (C=O) groups is 1. The van der Waals surface area contributed by atoms with E-state index in [4.69, 9.17) is 0 Å². The Morgan fingerprint density at radius 1 is 1.29 bits per heavy atom. The van der Waals surface area contributed by atoms with Crippen LogP contribution in [-0.4, -0.2) is 61.0 Å². The quantitative estimate of drug-likeness (QED) is 0.356. The Morgan fingerprint density at radius 3 is 2.46 bits per heavy atom. The molecule has 0 bridgehead atoms. The van der Waals surface area contributed by atoms with Crippen molar-refractivity contribution in [1.29, 1.82) is 0 Å². The van der Waals surface area contributed by atoms with Gasteiger partial charge in [-0.25, -0.2) is 4.99 Å². The number of nitrogens with zero attached hydrogens (tertiary/aromatic N) is 2. The Hall–Kier alpha value is -0.180. The van der Waals surface area contributed by atoms with Crippen LogP contribution in [0.2, 0.25) is 0 Å². The van der Waals surface area contributed by atoms with E-state index in [2.05, 4.69) is 42.7 Å². The lowest BCUT2D eigenvalue weighted by Crippen LogP contribution is -2.50. The summed E-state index contributed by atoms with van der Waals surface area (Å²) < 4.78 is 0.131. The maximum Gasteiger partial charge on any atom is 0.243 e. The van der Waals surface area contributed by atoms with Crippen LogP contribution in [0.5, 0.6) is 0 Å². The first-order valence-corrected chi connectivity index (χ1v) is 9.78. The predicted molar refractivity (Wildman–Crippen MR) is 117 cm³/mol. The lowest BCUT2D eigenvalue weighted by molar-refractivity contribution is -0.127. The minimum Gasteiger partial charge on any atom is -0.355 e. The van der Waals surface area contributed by atoms with E-state index in [9.17, 15) is 4.79 Å².